The molecule has 0 aliphatic carbocycles. The number of carbonyl (C=O) groups excluding carboxylic acids is 1. The SMILES string of the molecule is O=C(CCCn1c(=O)oc2ccccc21)Nc1cc(-c2ccccc2Br)[nH]n1. The average Bonchev–Trinajstić information content (AvgIpc) is 3.26. The predicted octanol–water partition coefficient (Wildman–Crippen LogP) is 4.17. The van der Waals surface area contributed by atoms with Gasteiger partial charge in [0.15, 0.2) is 11.4 Å². The number of benzene rings is 2. The Morgan fingerprint density at radius 2 is 1.96 bits per heavy atom. The molecular formula is C20H17BrN4O3. The molecule has 0 atom stereocenters. The Kier molecular flexibility index (Phi) is 5.12. The third kappa shape index (κ3) is 3.77. The van der Waals surface area contributed by atoms with Gasteiger partial charge in [0.05, 0.1) is 11.2 Å². The van der Waals surface area contributed by atoms with Crippen molar-refractivity contribution in [1.29, 1.82) is 0 Å². The van der Waals surface area contributed by atoms with E-state index in [0.717, 1.165) is 21.2 Å². The number of H-pyrrole nitrogens is 1. The lowest BCUT2D eigenvalue weighted by Crippen LogP contribution is -2.17. The summed E-state index contributed by atoms with van der Waals surface area (Å²) in [6.45, 7) is 0.409. The van der Waals surface area contributed by atoms with E-state index < -0.39 is 5.76 Å². The second-order valence-electron chi connectivity index (χ2n) is 6.29. The lowest BCUT2D eigenvalue weighted by Gasteiger charge is -2.03. The Balaban J connectivity index is 1.36. The van der Waals surface area contributed by atoms with Gasteiger partial charge in [0, 0.05) is 29.1 Å². The van der Waals surface area contributed by atoms with E-state index in [4.69, 9.17) is 4.42 Å². The molecule has 0 spiro atoms. The topological polar surface area (TPSA) is 92.9 Å². The van der Waals surface area contributed by atoms with Crippen molar-refractivity contribution in [2.45, 2.75) is 19.4 Å². The van der Waals surface area contributed by atoms with Gasteiger partial charge in [-0.15, -0.1) is 0 Å². The van der Waals surface area contributed by atoms with Crippen LogP contribution in [0.2, 0.25) is 0 Å². The number of carbonyl (C=O) groups is 1. The van der Waals surface area contributed by atoms with E-state index in [-0.39, 0.29) is 12.3 Å². The monoisotopic (exact) mass is 440 g/mol. The zero-order chi connectivity index (χ0) is 19.5. The number of hydrogen-bond donors (Lipinski definition) is 2. The minimum Gasteiger partial charge on any atom is -0.408 e. The number of nitrogens with one attached hydrogen (secondary N) is 2. The first kappa shape index (κ1) is 18.2. The van der Waals surface area contributed by atoms with Crippen LogP contribution in [0.5, 0.6) is 0 Å². The molecule has 4 aromatic rings. The van der Waals surface area contributed by atoms with Gasteiger partial charge >= 0.3 is 5.76 Å². The Morgan fingerprint density at radius 3 is 2.82 bits per heavy atom. The van der Waals surface area contributed by atoms with E-state index >= 15 is 0 Å². The fourth-order valence-electron chi connectivity index (χ4n) is 3.03. The second-order valence-corrected chi connectivity index (χ2v) is 7.14. The molecule has 0 fully saturated rings. The van der Waals surface area contributed by atoms with Crippen LogP contribution < -0.4 is 11.1 Å². The van der Waals surface area contributed by atoms with Crippen LogP contribution in [-0.2, 0) is 11.3 Å². The summed E-state index contributed by atoms with van der Waals surface area (Å²) in [4.78, 5) is 24.2. The quantitative estimate of drug-likeness (QED) is 0.470. The normalized spacial score (nSPS) is 11.0. The summed E-state index contributed by atoms with van der Waals surface area (Å²) >= 11 is 3.50. The van der Waals surface area contributed by atoms with Crippen LogP contribution in [0.15, 0.2) is 68.3 Å². The lowest BCUT2D eigenvalue weighted by atomic mass is 10.1. The number of fused-ring (bicyclic) bond motifs is 1. The van der Waals surface area contributed by atoms with Crippen molar-refractivity contribution in [2.24, 2.45) is 0 Å². The zero-order valence-corrected chi connectivity index (χ0v) is 16.4. The summed E-state index contributed by atoms with van der Waals surface area (Å²) in [6, 6.07) is 16.8. The highest BCUT2D eigenvalue weighted by Crippen LogP contribution is 2.27. The average molecular weight is 441 g/mol. The fraction of sp³-hybridized carbons (Fsp3) is 0.150. The highest BCUT2D eigenvalue weighted by atomic mass is 79.9. The van der Waals surface area contributed by atoms with E-state index in [1.54, 1.807) is 16.7 Å². The van der Waals surface area contributed by atoms with E-state index in [1.165, 1.54) is 0 Å². The number of oxazole rings is 1. The molecule has 8 heteroatoms. The molecular weight excluding hydrogens is 424 g/mol. The van der Waals surface area contributed by atoms with Crippen molar-refractivity contribution >= 4 is 38.8 Å². The first-order chi connectivity index (χ1) is 13.6. The van der Waals surface area contributed by atoms with Crippen molar-refractivity contribution in [3.63, 3.8) is 0 Å². The number of hydrogen-bond acceptors (Lipinski definition) is 4. The van der Waals surface area contributed by atoms with Crippen molar-refractivity contribution in [2.75, 3.05) is 5.32 Å². The molecule has 0 unspecified atom stereocenters. The van der Waals surface area contributed by atoms with Crippen LogP contribution in [0, 0.1) is 0 Å². The number of aryl methyl sites for hydroxylation is 1. The van der Waals surface area contributed by atoms with E-state index in [1.807, 2.05) is 42.5 Å². The molecule has 142 valence electrons. The second kappa shape index (κ2) is 7.85. The Labute approximate surface area is 168 Å². The molecule has 2 aromatic carbocycles. The third-order valence-corrected chi connectivity index (χ3v) is 5.06. The minimum atomic E-state index is -0.410. The van der Waals surface area contributed by atoms with Gasteiger partial charge in [0.1, 0.15) is 0 Å². The Hall–Kier alpha value is -3.13. The predicted molar refractivity (Wildman–Crippen MR) is 110 cm³/mol. The van der Waals surface area contributed by atoms with Crippen LogP contribution in [0.1, 0.15) is 12.8 Å². The minimum absolute atomic E-state index is 0.161. The number of amides is 1. The van der Waals surface area contributed by atoms with Gasteiger partial charge in [0.2, 0.25) is 5.91 Å². The van der Waals surface area contributed by atoms with Crippen LogP contribution in [0.3, 0.4) is 0 Å². The number of anilines is 1. The zero-order valence-electron chi connectivity index (χ0n) is 14.8. The van der Waals surface area contributed by atoms with E-state index in [9.17, 15) is 9.59 Å². The summed E-state index contributed by atoms with van der Waals surface area (Å²) in [5.74, 6) is -0.111. The standard InChI is InChI=1S/C20H17BrN4O3/c21-14-7-2-1-6-13(14)15-12-18(24-23-15)22-19(26)10-5-11-25-16-8-3-4-9-17(16)28-20(25)27/h1-4,6-9,12H,5,10-11H2,(H2,22,23,24,26). The van der Waals surface area contributed by atoms with Crippen molar-refractivity contribution in [3.05, 3.63) is 69.6 Å². The first-order valence-corrected chi connectivity index (χ1v) is 9.59. The summed E-state index contributed by atoms with van der Waals surface area (Å²) in [7, 11) is 0. The van der Waals surface area contributed by atoms with Gasteiger partial charge in [-0.05, 0) is 24.6 Å². The molecule has 0 aliphatic rings. The summed E-state index contributed by atoms with van der Waals surface area (Å²) in [5.41, 5.74) is 3.05. The summed E-state index contributed by atoms with van der Waals surface area (Å²) in [6.07, 6.45) is 0.778. The molecule has 1 amide bonds. The van der Waals surface area contributed by atoms with Gasteiger partial charge < -0.3 is 9.73 Å². The van der Waals surface area contributed by atoms with Gasteiger partial charge in [0.25, 0.3) is 0 Å². The number of aromatic nitrogens is 3. The highest BCUT2D eigenvalue weighted by Gasteiger charge is 2.11. The van der Waals surface area contributed by atoms with Crippen molar-refractivity contribution in [3.8, 4) is 11.3 Å². The molecule has 0 saturated carbocycles. The maximum atomic E-state index is 12.2. The van der Waals surface area contributed by atoms with E-state index in [2.05, 4.69) is 31.4 Å². The number of nitrogens with zero attached hydrogens (tertiary/aromatic N) is 2. The summed E-state index contributed by atoms with van der Waals surface area (Å²) in [5, 5.41) is 9.84. The molecule has 2 N–H and O–H groups in total. The van der Waals surface area contributed by atoms with Gasteiger partial charge in [-0.2, -0.15) is 5.10 Å². The molecule has 0 saturated heterocycles. The number of para-hydroxylation sites is 2. The Bertz CT molecular complexity index is 1190. The number of rotatable bonds is 6. The highest BCUT2D eigenvalue weighted by molar-refractivity contribution is 9.10. The number of aromatic amines is 1. The van der Waals surface area contributed by atoms with Crippen LogP contribution >= 0.6 is 15.9 Å². The van der Waals surface area contributed by atoms with Gasteiger partial charge in [-0.25, -0.2) is 4.79 Å². The first-order valence-electron chi connectivity index (χ1n) is 8.80. The van der Waals surface area contributed by atoms with Gasteiger partial charge in [-0.1, -0.05) is 46.3 Å². The smallest absolute Gasteiger partial charge is 0.408 e. The Morgan fingerprint density at radius 1 is 1.18 bits per heavy atom. The largest absolute Gasteiger partial charge is 0.419 e. The molecule has 2 heterocycles. The molecule has 2 aromatic heterocycles. The molecule has 0 aliphatic heterocycles. The molecule has 0 bridgehead atoms. The van der Waals surface area contributed by atoms with Crippen LogP contribution in [-0.4, -0.2) is 20.7 Å². The molecule has 4 rings (SSSR count). The third-order valence-electron chi connectivity index (χ3n) is 4.37. The maximum absolute atomic E-state index is 12.2. The van der Waals surface area contributed by atoms with Crippen LogP contribution in [0.4, 0.5) is 5.82 Å². The van der Waals surface area contributed by atoms with E-state index in [0.29, 0.717) is 24.4 Å². The van der Waals surface area contributed by atoms with Gasteiger partial charge in [-0.3, -0.25) is 14.5 Å². The van der Waals surface area contributed by atoms with Crippen molar-refractivity contribution < 1.29 is 9.21 Å². The molecule has 7 nitrogen and oxygen atoms in total. The van der Waals surface area contributed by atoms with Crippen molar-refractivity contribution in [1.82, 2.24) is 14.8 Å². The van der Waals surface area contributed by atoms with Crippen LogP contribution in [0.25, 0.3) is 22.4 Å². The fourth-order valence-corrected chi connectivity index (χ4v) is 3.53. The summed E-state index contributed by atoms with van der Waals surface area (Å²) < 4.78 is 7.68. The lowest BCUT2D eigenvalue weighted by molar-refractivity contribution is -0.116. The molecule has 28 heavy (non-hydrogen) atoms. The molecule has 0 radical (unpaired) electrons. The maximum Gasteiger partial charge on any atom is 0.419 e. The number of halogens is 1.